The fourth-order valence-corrected chi connectivity index (χ4v) is 3.38. The van der Waals surface area contributed by atoms with Crippen LogP contribution in [0, 0.1) is 20.8 Å². The molecule has 1 saturated carbocycles. The molecule has 4 heteroatoms. The van der Waals surface area contributed by atoms with E-state index in [1.165, 1.54) is 36.0 Å². The second-order valence-electron chi connectivity index (χ2n) is 6.56. The van der Waals surface area contributed by atoms with Crippen LogP contribution in [0.2, 0.25) is 0 Å². The first-order valence-corrected chi connectivity index (χ1v) is 8.21. The Morgan fingerprint density at radius 2 is 1.91 bits per heavy atom. The Balaban J connectivity index is 1.83. The predicted octanol–water partition coefficient (Wildman–Crippen LogP) is 3.94. The molecule has 3 rings (SSSR count). The van der Waals surface area contributed by atoms with Gasteiger partial charge in [-0.05, 0) is 37.8 Å². The van der Waals surface area contributed by atoms with Gasteiger partial charge in [-0.15, -0.1) is 0 Å². The van der Waals surface area contributed by atoms with Crippen molar-refractivity contribution in [3.05, 3.63) is 46.6 Å². The summed E-state index contributed by atoms with van der Waals surface area (Å²) >= 11 is 0. The molecule has 0 radical (unpaired) electrons. The number of aryl methyl sites for hydroxylation is 3. The van der Waals surface area contributed by atoms with Crippen LogP contribution in [0.1, 0.15) is 60.5 Å². The molecule has 0 spiro atoms. The standard InChI is InChI=1S/C18H25N3O/c1-13-7-8-14(2)16(11-13)12-19-18(9-5-4-6-10-18)17-20-15(3)22-21-17/h7-8,11,19H,4-6,9-10,12H2,1-3H3. The van der Waals surface area contributed by atoms with Gasteiger partial charge in [-0.3, -0.25) is 0 Å². The second-order valence-corrected chi connectivity index (χ2v) is 6.56. The fraction of sp³-hybridized carbons (Fsp3) is 0.556. The highest BCUT2D eigenvalue weighted by molar-refractivity contribution is 5.30. The van der Waals surface area contributed by atoms with Gasteiger partial charge >= 0.3 is 0 Å². The number of nitrogens with one attached hydrogen (secondary N) is 1. The monoisotopic (exact) mass is 299 g/mol. The molecule has 1 heterocycles. The zero-order chi connectivity index (χ0) is 15.6. The third-order valence-electron chi connectivity index (χ3n) is 4.78. The minimum absolute atomic E-state index is 0.133. The van der Waals surface area contributed by atoms with Crippen molar-refractivity contribution in [1.29, 1.82) is 0 Å². The van der Waals surface area contributed by atoms with E-state index in [1.54, 1.807) is 0 Å². The van der Waals surface area contributed by atoms with Crippen molar-refractivity contribution in [2.45, 2.75) is 65.0 Å². The van der Waals surface area contributed by atoms with Crippen LogP contribution < -0.4 is 5.32 Å². The lowest BCUT2D eigenvalue weighted by atomic mass is 9.80. The summed E-state index contributed by atoms with van der Waals surface area (Å²) in [4.78, 5) is 4.52. The molecule has 0 unspecified atom stereocenters. The molecule has 0 amide bonds. The molecule has 1 aliphatic carbocycles. The van der Waals surface area contributed by atoms with Crippen LogP contribution in [0.5, 0.6) is 0 Å². The first-order chi connectivity index (χ1) is 10.6. The van der Waals surface area contributed by atoms with Gasteiger partial charge in [0, 0.05) is 13.5 Å². The number of hydrogen-bond acceptors (Lipinski definition) is 4. The molecular formula is C18H25N3O. The molecule has 1 aromatic heterocycles. The van der Waals surface area contributed by atoms with Crippen LogP contribution in [0.3, 0.4) is 0 Å². The van der Waals surface area contributed by atoms with Crippen molar-refractivity contribution >= 4 is 0 Å². The lowest BCUT2D eigenvalue weighted by Gasteiger charge is -2.35. The molecule has 1 aliphatic rings. The van der Waals surface area contributed by atoms with E-state index in [-0.39, 0.29) is 5.54 Å². The van der Waals surface area contributed by atoms with Gasteiger partial charge in [-0.2, -0.15) is 4.98 Å². The molecule has 22 heavy (non-hydrogen) atoms. The molecular weight excluding hydrogens is 274 g/mol. The van der Waals surface area contributed by atoms with Crippen molar-refractivity contribution in [2.24, 2.45) is 0 Å². The molecule has 2 aromatic rings. The molecule has 4 nitrogen and oxygen atoms in total. The SMILES string of the molecule is Cc1ccc(C)c(CNC2(c3noc(C)n3)CCCCC2)c1. The molecule has 1 aromatic carbocycles. The van der Waals surface area contributed by atoms with Crippen LogP contribution in [0.4, 0.5) is 0 Å². The van der Waals surface area contributed by atoms with Gasteiger partial charge in [0.25, 0.3) is 0 Å². The van der Waals surface area contributed by atoms with Gasteiger partial charge in [-0.1, -0.05) is 48.2 Å². The Bertz CT molecular complexity index is 642. The molecule has 0 aliphatic heterocycles. The summed E-state index contributed by atoms with van der Waals surface area (Å²) in [5, 5.41) is 7.98. The Morgan fingerprint density at radius 3 is 2.59 bits per heavy atom. The molecule has 0 bridgehead atoms. The number of nitrogens with zero attached hydrogens (tertiary/aromatic N) is 2. The lowest BCUT2D eigenvalue weighted by Crippen LogP contribution is -2.44. The van der Waals surface area contributed by atoms with E-state index in [0.29, 0.717) is 5.89 Å². The number of hydrogen-bond donors (Lipinski definition) is 1. The van der Waals surface area contributed by atoms with Crippen LogP contribution in [-0.4, -0.2) is 10.1 Å². The van der Waals surface area contributed by atoms with Crippen molar-refractivity contribution in [3.63, 3.8) is 0 Å². The van der Waals surface area contributed by atoms with Crippen molar-refractivity contribution in [3.8, 4) is 0 Å². The zero-order valence-electron chi connectivity index (χ0n) is 13.8. The number of benzene rings is 1. The Kier molecular flexibility index (Phi) is 4.30. The van der Waals surface area contributed by atoms with Crippen LogP contribution in [-0.2, 0) is 12.1 Å². The number of rotatable bonds is 4. The zero-order valence-corrected chi connectivity index (χ0v) is 13.8. The lowest BCUT2D eigenvalue weighted by molar-refractivity contribution is 0.210. The van der Waals surface area contributed by atoms with Gasteiger partial charge in [0.1, 0.15) is 0 Å². The van der Waals surface area contributed by atoms with E-state index in [1.807, 2.05) is 6.92 Å². The van der Waals surface area contributed by atoms with Gasteiger partial charge in [-0.25, -0.2) is 0 Å². The minimum Gasteiger partial charge on any atom is -0.340 e. The highest BCUT2D eigenvalue weighted by atomic mass is 16.5. The maximum atomic E-state index is 5.24. The molecule has 118 valence electrons. The highest BCUT2D eigenvalue weighted by Gasteiger charge is 2.37. The van der Waals surface area contributed by atoms with E-state index < -0.39 is 0 Å². The average Bonchev–Trinajstić information content (AvgIpc) is 2.96. The average molecular weight is 299 g/mol. The topological polar surface area (TPSA) is 51.0 Å². The maximum absolute atomic E-state index is 5.24. The summed E-state index contributed by atoms with van der Waals surface area (Å²) in [6.45, 7) is 7.02. The summed E-state index contributed by atoms with van der Waals surface area (Å²) in [6, 6.07) is 6.62. The van der Waals surface area contributed by atoms with E-state index in [4.69, 9.17) is 4.52 Å². The molecule has 0 saturated heterocycles. The summed E-state index contributed by atoms with van der Waals surface area (Å²) in [7, 11) is 0. The van der Waals surface area contributed by atoms with Gasteiger partial charge in [0.2, 0.25) is 5.89 Å². The van der Waals surface area contributed by atoms with Crippen molar-refractivity contribution in [1.82, 2.24) is 15.5 Å². The van der Waals surface area contributed by atoms with Gasteiger partial charge in [0.15, 0.2) is 5.82 Å². The number of aromatic nitrogens is 2. The minimum atomic E-state index is -0.133. The maximum Gasteiger partial charge on any atom is 0.223 e. The summed E-state index contributed by atoms with van der Waals surface area (Å²) in [5.74, 6) is 1.48. The molecule has 0 atom stereocenters. The molecule has 1 N–H and O–H groups in total. The van der Waals surface area contributed by atoms with Crippen molar-refractivity contribution in [2.75, 3.05) is 0 Å². The highest BCUT2D eigenvalue weighted by Crippen LogP contribution is 2.36. The largest absolute Gasteiger partial charge is 0.340 e. The first-order valence-electron chi connectivity index (χ1n) is 8.21. The van der Waals surface area contributed by atoms with E-state index in [9.17, 15) is 0 Å². The Labute approximate surface area is 132 Å². The van der Waals surface area contributed by atoms with Crippen LogP contribution in [0.15, 0.2) is 22.7 Å². The quantitative estimate of drug-likeness (QED) is 0.929. The Hall–Kier alpha value is -1.68. The van der Waals surface area contributed by atoms with Crippen molar-refractivity contribution < 1.29 is 4.52 Å². The van der Waals surface area contributed by atoms with E-state index >= 15 is 0 Å². The second kappa shape index (κ2) is 6.21. The summed E-state index contributed by atoms with van der Waals surface area (Å²) in [6.07, 6.45) is 5.89. The van der Waals surface area contributed by atoms with E-state index in [0.717, 1.165) is 25.2 Å². The third kappa shape index (κ3) is 3.07. The van der Waals surface area contributed by atoms with Crippen LogP contribution in [0.25, 0.3) is 0 Å². The van der Waals surface area contributed by atoms with Crippen LogP contribution >= 0.6 is 0 Å². The fourth-order valence-electron chi connectivity index (χ4n) is 3.38. The smallest absolute Gasteiger partial charge is 0.223 e. The summed E-state index contributed by atoms with van der Waals surface area (Å²) in [5.41, 5.74) is 3.85. The molecule has 1 fully saturated rings. The van der Waals surface area contributed by atoms with Gasteiger partial charge < -0.3 is 9.84 Å². The van der Waals surface area contributed by atoms with E-state index in [2.05, 4.69) is 47.5 Å². The normalized spacial score (nSPS) is 17.6. The first kappa shape index (κ1) is 15.2. The third-order valence-corrected chi connectivity index (χ3v) is 4.78. The predicted molar refractivity (Wildman–Crippen MR) is 86.6 cm³/mol. The summed E-state index contributed by atoms with van der Waals surface area (Å²) < 4.78 is 5.24. The Morgan fingerprint density at radius 1 is 1.14 bits per heavy atom. The van der Waals surface area contributed by atoms with Gasteiger partial charge in [0.05, 0.1) is 5.54 Å².